The van der Waals surface area contributed by atoms with Crippen LogP contribution in [-0.4, -0.2) is 23.0 Å². The van der Waals surface area contributed by atoms with Crippen molar-refractivity contribution < 1.29 is 14.7 Å². The van der Waals surface area contributed by atoms with E-state index in [1.807, 2.05) is 6.92 Å². The number of carbonyl (C=O) groups is 2. The van der Waals surface area contributed by atoms with E-state index in [1.165, 1.54) is 12.1 Å². The molecule has 0 bridgehead atoms. The third-order valence-electron chi connectivity index (χ3n) is 2.99. The summed E-state index contributed by atoms with van der Waals surface area (Å²) in [6.45, 7) is 4.11. The van der Waals surface area contributed by atoms with Crippen molar-refractivity contribution in [3.05, 3.63) is 35.4 Å². The number of nitrogens with one attached hydrogen (secondary N) is 1. The molecule has 0 aliphatic carbocycles. The van der Waals surface area contributed by atoms with Gasteiger partial charge in [-0.3, -0.25) is 4.79 Å². The van der Waals surface area contributed by atoms with Crippen LogP contribution in [0.25, 0.3) is 0 Å². The van der Waals surface area contributed by atoms with E-state index in [1.54, 1.807) is 12.1 Å². The molecule has 0 aromatic heterocycles. The van der Waals surface area contributed by atoms with Gasteiger partial charge in [0.1, 0.15) is 0 Å². The number of unbranched alkanes of at least 4 members (excludes halogenated alkanes) is 2. The summed E-state index contributed by atoms with van der Waals surface area (Å²) < 4.78 is 0. The van der Waals surface area contributed by atoms with E-state index >= 15 is 0 Å². The second kappa shape index (κ2) is 7.56. The van der Waals surface area contributed by atoms with Gasteiger partial charge in [-0.05, 0) is 31.5 Å². The molecule has 0 aliphatic rings. The Morgan fingerprint density at radius 2 is 1.95 bits per heavy atom. The Morgan fingerprint density at radius 3 is 2.58 bits per heavy atom. The Bertz CT molecular complexity index is 443. The van der Waals surface area contributed by atoms with E-state index < -0.39 is 5.97 Å². The number of hydrogen-bond acceptors (Lipinski definition) is 2. The lowest BCUT2D eigenvalue weighted by molar-refractivity contribution is 0.0697. The summed E-state index contributed by atoms with van der Waals surface area (Å²) in [5.41, 5.74) is 0.522. The minimum atomic E-state index is -1.02. The summed E-state index contributed by atoms with van der Waals surface area (Å²) in [5, 5.41) is 11.8. The van der Waals surface area contributed by atoms with Crippen LogP contribution in [0.2, 0.25) is 0 Å². The number of aromatic carboxylic acids is 1. The molecule has 104 valence electrons. The molecule has 1 rings (SSSR count). The summed E-state index contributed by atoms with van der Waals surface area (Å²) in [6.07, 6.45) is 4.35. The third kappa shape index (κ3) is 5.12. The van der Waals surface area contributed by atoms with Gasteiger partial charge in [-0.2, -0.15) is 0 Å². The minimum absolute atomic E-state index is 0.104. The van der Waals surface area contributed by atoms with Crippen LogP contribution >= 0.6 is 0 Å². The Morgan fingerprint density at radius 1 is 1.26 bits per heavy atom. The van der Waals surface area contributed by atoms with Gasteiger partial charge in [0.2, 0.25) is 0 Å². The molecule has 2 N–H and O–H groups in total. The molecule has 4 heteroatoms. The summed E-state index contributed by atoms with van der Waals surface area (Å²) >= 11 is 0. The maximum absolute atomic E-state index is 12.0. The molecule has 1 unspecified atom stereocenters. The zero-order chi connectivity index (χ0) is 14.3. The first-order valence-corrected chi connectivity index (χ1v) is 6.68. The molecule has 4 nitrogen and oxygen atoms in total. The van der Waals surface area contributed by atoms with Gasteiger partial charge in [0.25, 0.3) is 5.91 Å². The van der Waals surface area contributed by atoms with Crippen LogP contribution in [0.1, 0.15) is 60.2 Å². The number of hydrogen-bond donors (Lipinski definition) is 2. The van der Waals surface area contributed by atoms with Gasteiger partial charge < -0.3 is 10.4 Å². The van der Waals surface area contributed by atoms with E-state index in [9.17, 15) is 9.59 Å². The Labute approximate surface area is 113 Å². The largest absolute Gasteiger partial charge is 0.478 e. The molecule has 0 saturated carbocycles. The highest BCUT2D eigenvalue weighted by atomic mass is 16.4. The number of amides is 1. The molecule has 1 aromatic rings. The van der Waals surface area contributed by atoms with Crippen molar-refractivity contribution in [3.8, 4) is 0 Å². The smallest absolute Gasteiger partial charge is 0.335 e. The van der Waals surface area contributed by atoms with E-state index in [0.717, 1.165) is 25.7 Å². The average Bonchev–Trinajstić information content (AvgIpc) is 2.39. The normalized spacial score (nSPS) is 11.9. The topological polar surface area (TPSA) is 66.4 Å². The molecule has 19 heavy (non-hydrogen) atoms. The predicted molar refractivity (Wildman–Crippen MR) is 74.5 cm³/mol. The van der Waals surface area contributed by atoms with E-state index in [2.05, 4.69) is 12.2 Å². The van der Waals surface area contributed by atoms with Gasteiger partial charge in [-0.1, -0.05) is 32.3 Å². The Balaban J connectivity index is 2.57. The van der Waals surface area contributed by atoms with E-state index in [4.69, 9.17) is 5.11 Å². The van der Waals surface area contributed by atoms with Crippen LogP contribution in [0.4, 0.5) is 0 Å². The van der Waals surface area contributed by atoms with Gasteiger partial charge in [0.15, 0.2) is 0 Å². The van der Waals surface area contributed by atoms with Crippen LogP contribution in [0, 0.1) is 0 Å². The van der Waals surface area contributed by atoms with Crippen molar-refractivity contribution >= 4 is 11.9 Å². The monoisotopic (exact) mass is 263 g/mol. The maximum atomic E-state index is 12.0. The van der Waals surface area contributed by atoms with Crippen LogP contribution in [0.3, 0.4) is 0 Å². The molecule has 1 atom stereocenters. The van der Waals surface area contributed by atoms with Crippen molar-refractivity contribution in [1.82, 2.24) is 5.32 Å². The molecular formula is C15H21NO3. The molecule has 1 amide bonds. The lowest BCUT2D eigenvalue weighted by Gasteiger charge is -2.13. The summed E-state index contributed by atoms with van der Waals surface area (Å²) in [4.78, 5) is 22.8. The van der Waals surface area contributed by atoms with Gasteiger partial charge in [0, 0.05) is 11.6 Å². The SMILES string of the molecule is CCCCCC(C)NC(=O)c1cccc(C(=O)O)c1. The molecule has 0 spiro atoms. The summed E-state index contributed by atoms with van der Waals surface area (Å²) in [7, 11) is 0. The van der Waals surface area contributed by atoms with Crippen molar-refractivity contribution in [2.75, 3.05) is 0 Å². The van der Waals surface area contributed by atoms with Gasteiger partial charge in [-0.15, -0.1) is 0 Å². The Hall–Kier alpha value is -1.84. The highest BCUT2D eigenvalue weighted by Gasteiger charge is 2.11. The van der Waals surface area contributed by atoms with Gasteiger partial charge in [0.05, 0.1) is 5.56 Å². The summed E-state index contributed by atoms with van der Waals surface area (Å²) in [5.74, 6) is -1.24. The number of benzene rings is 1. The highest BCUT2D eigenvalue weighted by molar-refractivity contribution is 5.97. The zero-order valence-corrected chi connectivity index (χ0v) is 11.5. The average molecular weight is 263 g/mol. The molecule has 0 saturated heterocycles. The number of carbonyl (C=O) groups excluding carboxylic acids is 1. The molecule has 0 aliphatic heterocycles. The van der Waals surface area contributed by atoms with Crippen LogP contribution in [0.5, 0.6) is 0 Å². The molecule has 0 fully saturated rings. The summed E-state index contributed by atoms with van der Waals surface area (Å²) in [6, 6.07) is 6.19. The first-order chi connectivity index (χ1) is 9.04. The maximum Gasteiger partial charge on any atom is 0.335 e. The van der Waals surface area contributed by atoms with Crippen LogP contribution < -0.4 is 5.32 Å². The highest BCUT2D eigenvalue weighted by Crippen LogP contribution is 2.07. The third-order valence-corrected chi connectivity index (χ3v) is 2.99. The predicted octanol–water partition coefficient (Wildman–Crippen LogP) is 3.08. The molecule has 0 radical (unpaired) electrons. The lowest BCUT2D eigenvalue weighted by Crippen LogP contribution is -2.32. The molecule has 1 aromatic carbocycles. The van der Waals surface area contributed by atoms with Crippen molar-refractivity contribution in [1.29, 1.82) is 0 Å². The van der Waals surface area contributed by atoms with E-state index in [0.29, 0.717) is 5.56 Å². The van der Waals surface area contributed by atoms with E-state index in [-0.39, 0.29) is 17.5 Å². The van der Waals surface area contributed by atoms with Crippen molar-refractivity contribution in [2.24, 2.45) is 0 Å². The minimum Gasteiger partial charge on any atom is -0.478 e. The second-order valence-corrected chi connectivity index (χ2v) is 4.76. The van der Waals surface area contributed by atoms with Gasteiger partial charge >= 0.3 is 5.97 Å². The Kier molecular flexibility index (Phi) is 6.06. The number of rotatable bonds is 7. The van der Waals surface area contributed by atoms with Crippen LogP contribution in [0.15, 0.2) is 24.3 Å². The quantitative estimate of drug-likeness (QED) is 0.743. The fourth-order valence-corrected chi connectivity index (χ4v) is 1.87. The molecule has 0 heterocycles. The van der Waals surface area contributed by atoms with Crippen molar-refractivity contribution in [2.45, 2.75) is 45.6 Å². The van der Waals surface area contributed by atoms with Crippen LogP contribution in [-0.2, 0) is 0 Å². The van der Waals surface area contributed by atoms with Gasteiger partial charge in [-0.25, -0.2) is 4.79 Å². The first-order valence-electron chi connectivity index (χ1n) is 6.68. The van der Waals surface area contributed by atoms with Crippen molar-refractivity contribution in [3.63, 3.8) is 0 Å². The lowest BCUT2D eigenvalue weighted by atomic mass is 10.1. The number of carboxylic acids is 1. The zero-order valence-electron chi connectivity index (χ0n) is 11.5. The second-order valence-electron chi connectivity index (χ2n) is 4.76. The fourth-order valence-electron chi connectivity index (χ4n) is 1.87. The molecular weight excluding hydrogens is 242 g/mol. The fraction of sp³-hybridized carbons (Fsp3) is 0.467. The number of carboxylic acid groups (broad SMARTS) is 1. The first kappa shape index (κ1) is 15.2. The standard InChI is InChI=1S/C15H21NO3/c1-3-4-5-7-11(2)16-14(17)12-8-6-9-13(10-12)15(18)19/h6,8-11H,3-5,7H2,1-2H3,(H,16,17)(H,18,19).